The van der Waals surface area contributed by atoms with Crippen molar-refractivity contribution < 1.29 is 14.3 Å². The van der Waals surface area contributed by atoms with Crippen LogP contribution in [-0.4, -0.2) is 21.6 Å². The minimum absolute atomic E-state index is 0.0108. The Bertz CT molecular complexity index is 419. The molecule has 4 nitrogen and oxygen atoms in total. The molecular weight excluding hydrogens is 223 g/mol. The van der Waals surface area contributed by atoms with E-state index in [0.717, 1.165) is 18.9 Å². The number of hydrogen-bond acceptors (Lipinski definition) is 3. The molecule has 17 heavy (non-hydrogen) atoms. The maximum atomic E-state index is 13.8. The fraction of sp³-hybridized carbons (Fsp3) is 0.500. The van der Waals surface area contributed by atoms with Crippen molar-refractivity contribution >= 4 is 11.8 Å². The van der Waals surface area contributed by atoms with Crippen LogP contribution in [0.4, 0.5) is 10.2 Å². The maximum Gasteiger partial charge on any atom is 0.338 e. The zero-order chi connectivity index (χ0) is 13.1. The van der Waals surface area contributed by atoms with Crippen molar-refractivity contribution in [2.75, 3.05) is 5.32 Å². The number of hydrogen-bond donors (Lipinski definition) is 2. The molecule has 0 spiro atoms. The van der Waals surface area contributed by atoms with Crippen LogP contribution in [0.5, 0.6) is 0 Å². The number of nitrogens with one attached hydrogen (secondary N) is 1. The van der Waals surface area contributed by atoms with Gasteiger partial charge in [0, 0.05) is 11.7 Å². The number of aromatic carboxylic acids is 1. The second kappa shape index (κ2) is 5.12. The molecule has 0 aromatic carbocycles. The summed E-state index contributed by atoms with van der Waals surface area (Å²) in [4.78, 5) is 14.6. The largest absolute Gasteiger partial charge is 0.478 e. The van der Waals surface area contributed by atoms with Gasteiger partial charge in [0.1, 0.15) is 5.56 Å². The van der Waals surface area contributed by atoms with E-state index in [0.29, 0.717) is 0 Å². The normalized spacial score (nSPS) is 11.3. The Labute approximate surface area is 99.9 Å². The summed E-state index contributed by atoms with van der Waals surface area (Å²) in [7, 11) is 0. The van der Waals surface area contributed by atoms with Gasteiger partial charge in [0.25, 0.3) is 0 Å². The summed E-state index contributed by atoms with van der Waals surface area (Å²) in [5, 5.41) is 11.7. The Hall–Kier alpha value is -1.65. The van der Waals surface area contributed by atoms with Gasteiger partial charge in [-0.1, -0.05) is 13.3 Å². The molecule has 2 N–H and O–H groups in total. The van der Waals surface area contributed by atoms with E-state index in [-0.39, 0.29) is 16.9 Å². The van der Waals surface area contributed by atoms with E-state index < -0.39 is 11.8 Å². The second-order valence-electron chi connectivity index (χ2n) is 4.59. The van der Waals surface area contributed by atoms with Crippen molar-refractivity contribution in [2.45, 2.75) is 39.2 Å². The van der Waals surface area contributed by atoms with E-state index >= 15 is 0 Å². The van der Waals surface area contributed by atoms with Gasteiger partial charge in [-0.2, -0.15) is 0 Å². The molecule has 0 aliphatic rings. The predicted octanol–water partition coefficient (Wildman–Crippen LogP) is 2.91. The van der Waals surface area contributed by atoms with Crippen LogP contribution in [-0.2, 0) is 0 Å². The van der Waals surface area contributed by atoms with Gasteiger partial charge < -0.3 is 10.4 Å². The summed E-state index contributed by atoms with van der Waals surface area (Å²) < 4.78 is 13.8. The van der Waals surface area contributed by atoms with Gasteiger partial charge in [-0.25, -0.2) is 14.2 Å². The van der Waals surface area contributed by atoms with Crippen LogP contribution in [0.3, 0.4) is 0 Å². The Balaban J connectivity index is 3.00. The number of rotatable bonds is 5. The molecule has 0 fully saturated rings. The van der Waals surface area contributed by atoms with Crippen molar-refractivity contribution in [3.63, 3.8) is 0 Å². The van der Waals surface area contributed by atoms with Crippen LogP contribution < -0.4 is 5.32 Å². The highest BCUT2D eigenvalue weighted by Gasteiger charge is 2.21. The molecule has 0 saturated carbocycles. The van der Waals surface area contributed by atoms with Crippen molar-refractivity contribution in [1.82, 2.24) is 4.98 Å². The molecule has 1 aromatic rings. The molecular formula is C12H17FN2O2. The third-order valence-electron chi connectivity index (χ3n) is 2.45. The molecule has 1 aromatic heterocycles. The summed E-state index contributed by atoms with van der Waals surface area (Å²) >= 11 is 0. The summed E-state index contributed by atoms with van der Waals surface area (Å²) in [6, 6.07) is 1.15. The number of aromatic nitrogens is 1. The minimum atomic E-state index is -1.29. The SMILES string of the molecule is CCCC(C)(C)Nc1nccc(C(=O)O)c1F. The van der Waals surface area contributed by atoms with E-state index in [4.69, 9.17) is 5.11 Å². The molecule has 1 rings (SSSR count). The van der Waals surface area contributed by atoms with Crippen LogP contribution in [0.15, 0.2) is 12.3 Å². The summed E-state index contributed by atoms with van der Waals surface area (Å²) in [6.45, 7) is 5.87. The molecule has 0 amide bonds. The molecule has 0 saturated heterocycles. The zero-order valence-electron chi connectivity index (χ0n) is 10.2. The number of pyridine rings is 1. The van der Waals surface area contributed by atoms with Crippen LogP contribution >= 0.6 is 0 Å². The van der Waals surface area contributed by atoms with Gasteiger partial charge in [-0.3, -0.25) is 0 Å². The van der Waals surface area contributed by atoms with Crippen molar-refractivity contribution in [2.24, 2.45) is 0 Å². The molecule has 0 unspecified atom stereocenters. The molecule has 0 bridgehead atoms. The third-order valence-corrected chi connectivity index (χ3v) is 2.45. The smallest absolute Gasteiger partial charge is 0.338 e. The standard InChI is InChI=1S/C12H17FN2O2/c1-4-6-12(2,3)15-10-9(13)8(11(16)17)5-7-14-10/h5,7H,4,6H2,1-3H3,(H,14,15)(H,16,17). The lowest BCUT2D eigenvalue weighted by Gasteiger charge is -2.26. The molecule has 94 valence electrons. The number of anilines is 1. The quantitative estimate of drug-likeness (QED) is 0.830. The van der Waals surface area contributed by atoms with Crippen LogP contribution in [0.1, 0.15) is 44.0 Å². The number of halogens is 1. The highest BCUT2D eigenvalue weighted by atomic mass is 19.1. The summed E-state index contributed by atoms with van der Waals surface area (Å²) in [5.74, 6) is -2.12. The lowest BCUT2D eigenvalue weighted by atomic mass is 9.99. The Kier molecular flexibility index (Phi) is 4.04. The van der Waals surface area contributed by atoms with Crippen molar-refractivity contribution in [3.8, 4) is 0 Å². The molecule has 0 atom stereocenters. The topological polar surface area (TPSA) is 62.2 Å². The van der Waals surface area contributed by atoms with Crippen LogP contribution in [0, 0.1) is 5.82 Å². The van der Waals surface area contributed by atoms with Gasteiger partial charge in [0.05, 0.1) is 0 Å². The average molecular weight is 240 g/mol. The number of carboxylic acid groups (broad SMARTS) is 1. The molecule has 0 aliphatic heterocycles. The maximum absolute atomic E-state index is 13.8. The van der Waals surface area contributed by atoms with Crippen LogP contribution in [0.25, 0.3) is 0 Å². The monoisotopic (exact) mass is 240 g/mol. The lowest BCUT2D eigenvalue weighted by molar-refractivity contribution is 0.0691. The fourth-order valence-corrected chi connectivity index (χ4v) is 1.70. The van der Waals surface area contributed by atoms with Crippen molar-refractivity contribution in [3.05, 3.63) is 23.6 Å². The molecule has 0 aliphatic carbocycles. The molecule has 1 heterocycles. The highest BCUT2D eigenvalue weighted by molar-refractivity contribution is 5.88. The summed E-state index contributed by atoms with van der Waals surface area (Å²) in [6.07, 6.45) is 3.07. The highest BCUT2D eigenvalue weighted by Crippen LogP contribution is 2.22. The van der Waals surface area contributed by atoms with E-state index in [1.54, 1.807) is 0 Å². The van der Waals surface area contributed by atoms with Gasteiger partial charge in [0.2, 0.25) is 0 Å². The Morgan fingerprint density at radius 3 is 2.76 bits per heavy atom. The Morgan fingerprint density at radius 2 is 2.24 bits per heavy atom. The first-order chi connectivity index (χ1) is 7.87. The number of carboxylic acids is 1. The van der Waals surface area contributed by atoms with E-state index in [2.05, 4.69) is 10.3 Å². The van der Waals surface area contributed by atoms with E-state index in [1.807, 2.05) is 20.8 Å². The van der Waals surface area contributed by atoms with Crippen LogP contribution in [0.2, 0.25) is 0 Å². The average Bonchev–Trinajstić information content (AvgIpc) is 2.20. The van der Waals surface area contributed by atoms with Gasteiger partial charge in [0.15, 0.2) is 11.6 Å². The lowest BCUT2D eigenvalue weighted by Crippen LogP contribution is -2.31. The predicted molar refractivity (Wildman–Crippen MR) is 63.8 cm³/mol. The van der Waals surface area contributed by atoms with Gasteiger partial charge >= 0.3 is 5.97 Å². The molecule has 5 heteroatoms. The second-order valence-corrected chi connectivity index (χ2v) is 4.59. The number of carbonyl (C=O) groups is 1. The van der Waals surface area contributed by atoms with E-state index in [9.17, 15) is 9.18 Å². The minimum Gasteiger partial charge on any atom is -0.478 e. The molecule has 0 radical (unpaired) electrons. The van der Waals surface area contributed by atoms with E-state index in [1.165, 1.54) is 6.20 Å². The first kappa shape index (κ1) is 13.4. The summed E-state index contributed by atoms with van der Waals surface area (Å²) in [5.41, 5.74) is -0.686. The first-order valence-corrected chi connectivity index (χ1v) is 5.53. The first-order valence-electron chi connectivity index (χ1n) is 5.53. The Morgan fingerprint density at radius 1 is 1.59 bits per heavy atom. The van der Waals surface area contributed by atoms with Gasteiger partial charge in [-0.05, 0) is 26.3 Å². The van der Waals surface area contributed by atoms with Crippen molar-refractivity contribution in [1.29, 1.82) is 0 Å². The fourth-order valence-electron chi connectivity index (χ4n) is 1.70. The number of nitrogens with zero attached hydrogens (tertiary/aromatic N) is 1. The third kappa shape index (κ3) is 3.41. The van der Waals surface area contributed by atoms with Gasteiger partial charge in [-0.15, -0.1) is 0 Å². The zero-order valence-corrected chi connectivity index (χ0v) is 10.2.